The summed E-state index contributed by atoms with van der Waals surface area (Å²) < 4.78 is 2.07. The fraction of sp³-hybridized carbons (Fsp3) is 0.625. The largest absolute Gasteiger partial charge is 0.334 e. The van der Waals surface area contributed by atoms with Crippen molar-refractivity contribution in [2.75, 3.05) is 13.1 Å². The van der Waals surface area contributed by atoms with Gasteiger partial charge in [0, 0.05) is 18.4 Å². The van der Waals surface area contributed by atoms with E-state index in [0.717, 1.165) is 12.8 Å². The third kappa shape index (κ3) is 2.32. The summed E-state index contributed by atoms with van der Waals surface area (Å²) in [4.78, 5) is 3.99. The zero-order valence-electron chi connectivity index (χ0n) is 7.19. The molecule has 0 radical (unpaired) electrons. The Bertz CT molecular complexity index is 189. The molecule has 0 saturated heterocycles. The third-order valence-corrected chi connectivity index (χ3v) is 1.95. The smallest absolute Gasteiger partial charge is 0.0948 e. The van der Waals surface area contributed by atoms with Crippen molar-refractivity contribution in [2.24, 2.45) is 11.5 Å². The average molecular weight is 168 g/mol. The molecule has 0 atom stereocenters. The Morgan fingerprint density at radius 1 is 1.25 bits per heavy atom. The zero-order valence-corrected chi connectivity index (χ0v) is 7.19. The highest BCUT2D eigenvalue weighted by Crippen LogP contribution is 2.13. The van der Waals surface area contributed by atoms with E-state index in [-0.39, 0.29) is 0 Å². The second-order valence-corrected chi connectivity index (χ2v) is 2.82. The van der Waals surface area contributed by atoms with E-state index in [9.17, 15) is 0 Å². The highest BCUT2D eigenvalue weighted by molar-refractivity contribution is 4.80. The average Bonchev–Trinajstić information content (AvgIpc) is 2.56. The molecule has 0 aliphatic carbocycles. The van der Waals surface area contributed by atoms with Gasteiger partial charge >= 0.3 is 0 Å². The van der Waals surface area contributed by atoms with Crippen LogP contribution in [0.1, 0.15) is 18.9 Å². The number of rotatable bonds is 5. The third-order valence-electron chi connectivity index (χ3n) is 1.95. The number of hydrogen-bond donors (Lipinski definition) is 2. The molecule has 4 N–H and O–H groups in total. The van der Waals surface area contributed by atoms with E-state index in [2.05, 4.69) is 9.55 Å². The maximum Gasteiger partial charge on any atom is 0.0948 e. The SMILES string of the molecule is NCCC(CCN)n1ccnc1. The second-order valence-electron chi connectivity index (χ2n) is 2.82. The van der Waals surface area contributed by atoms with Crippen LogP contribution >= 0.6 is 0 Å². The first-order valence-corrected chi connectivity index (χ1v) is 4.26. The van der Waals surface area contributed by atoms with Crippen LogP contribution in [0.2, 0.25) is 0 Å². The van der Waals surface area contributed by atoms with Gasteiger partial charge in [0.2, 0.25) is 0 Å². The van der Waals surface area contributed by atoms with Gasteiger partial charge in [0.25, 0.3) is 0 Å². The van der Waals surface area contributed by atoms with E-state index in [1.54, 1.807) is 6.20 Å². The predicted octanol–water partition coefficient (Wildman–Crippen LogP) is 0.122. The summed E-state index contributed by atoms with van der Waals surface area (Å²) in [5.74, 6) is 0. The van der Waals surface area contributed by atoms with Crippen molar-refractivity contribution in [2.45, 2.75) is 18.9 Å². The maximum absolute atomic E-state index is 5.49. The van der Waals surface area contributed by atoms with Gasteiger partial charge in [0.15, 0.2) is 0 Å². The number of imidazole rings is 1. The highest BCUT2D eigenvalue weighted by Gasteiger charge is 2.07. The standard InChI is InChI=1S/C8H16N4/c9-3-1-8(2-4-10)12-6-5-11-7-12/h5-8H,1-4,9-10H2. The number of aromatic nitrogens is 2. The molecule has 0 aliphatic rings. The molecule has 4 nitrogen and oxygen atoms in total. The van der Waals surface area contributed by atoms with Gasteiger partial charge in [0.1, 0.15) is 0 Å². The van der Waals surface area contributed by atoms with Gasteiger partial charge in [-0.3, -0.25) is 0 Å². The minimum Gasteiger partial charge on any atom is -0.334 e. The Morgan fingerprint density at radius 2 is 1.92 bits per heavy atom. The van der Waals surface area contributed by atoms with E-state index >= 15 is 0 Å². The molecule has 1 aromatic heterocycles. The van der Waals surface area contributed by atoms with Crippen molar-refractivity contribution in [1.29, 1.82) is 0 Å². The molecule has 0 unspecified atom stereocenters. The fourth-order valence-corrected chi connectivity index (χ4v) is 1.31. The first-order chi connectivity index (χ1) is 5.88. The van der Waals surface area contributed by atoms with E-state index in [0.29, 0.717) is 19.1 Å². The van der Waals surface area contributed by atoms with Crippen LogP contribution < -0.4 is 11.5 Å². The summed E-state index contributed by atoms with van der Waals surface area (Å²) in [7, 11) is 0. The van der Waals surface area contributed by atoms with Crippen LogP contribution in [0.3, 0.4) is 0 Å². The number of nitrogens with zero attached hydrogens (tertiary/aromatic N) is 2. The Kier molecular flexibility index (Phi) is 3.76. The lowest BCUT2D eigenvalue weighted by Crippen LogP contribution is -2.16. The molecule has 0 saturated carbocycles. The summed E-state index contributed by atoms with van der Waals surface area (Å²) in [6, 6.07) is 0.419. The van der Waals surface area contributed by atoms with Gasteiger partial charge < -0.3 is 16.0 Å². The van der Waals surface area contributed by atoms with Gasteiger partial charge in [0.05, 0.1) is 6.33 Å². The molecule has 0 aromatic carbocycles. The Hall–Kier alpha value is -0.870. The molecule has 68 valence electrons. The van der Waals surface area contributed by atoms with Crippen LogP contribution in [0.25, 0.3) is 0 Å². The summed E-state index contributed by atoms with van der Waals surface area (Å²) in [5, 5.41) is 0. The molecule has 0 fully saturated rings. The summed E-state index contributed by atoms with van der Waals surface area (Å²) in [6.07, 6.45) is 7.48. The van der Waals surface area contributed by atoms with Crippen molar-refractivity contribution in [3.8, 4) is 0 Å². The monoisotopic (exact) mass is 168 g/mol. The number of nitrogens with two attached hydrogens (primary N) is 2. The molecule has 4 heteroatoms. The fourth-order valence-electron chi connectivity index (χ4n) is 1.31. The van der Waals surface area contributed by atoms with Gasteiger partial charge in [-0.2, -0.15) is 0 Å². The van der Waals surface area contributed by atoms with Gasteiger partial charge in [-0.25, -0.2) is 4.98 Å². The van der Waals surface area contributed by atoms with Crippen molar-refractivity contribution in [1.82, 2.24) is 9.55 Å². The summed E-state index contributed by atoms with van der Waals surface area (Å²) >= 11 is 0. The van der Waals surface area contributed by atoms with Gasteiger partial charge in [-0.05, 0) is 25.9 Å². The molecular weight excluding hydrogens is 152 g/mol. The topological polar surface area (TPSA) is 69.9 Å². The Labute approximate surface area is 72.6 Å². The Morgan fingerprint density at radius 3 is 2.33 bits per heavy atom. The summed E-state index contributed by atoms with van der Waals surface area (Å²) in [6.45, 7) is 1.39. The lowest BCUT2D eigenvalue weighted by Gasteiger charge is -2.15. The molecule has 0 bridgehead atoms. The maximum atomic E-state index is 5.49. The molecule has 12 heavy (non-hydrogen) atoms. The normalized spacial score (nSPS) is 10.9. The quantitative estimate of drug-likeness (QED) is 0.656. The molecule has 0 amide bonds. The van der Waals surface area contributed by atoms with E-state index < -0.39 is 0 Å². The molecule has 0 spiro atoms. The van der Waals surface area contributed by atoms with E-state index in [1.165, 1.54) is 0 Å². The molecule has 1 aromatic rings. The predicted molar refractivity (Wildman–Crippen MR) is 48.6 cm³/mol. The lowest BCUT2D eigenvalue weighted by atomic mass is 10.1. The van der Waals surface area contributed by atoms with Crippen LogP contribution in [0, 0.1) is 0 Å². The van der Waals surface area contributed by atoms with E-state index in [4.69, 9.17) is 11.5 Å². The van der Waals surface area contributed by atoms with Crippen LogP contribution in [-0.2, 0) is 0 Å². The lowest BCUT2D eigenvalue weighted by molar-refractivity contribution is 0.446. The van der Waals surface area contributed by atoms with Crippen molar-refractivity contribution in [3.63, 3.8) is 0 Å². The first-order valence-electron chi connectivity index (χ1n) is 4.26. The first kappa shape index (κ1) is 9.22. The van der Waals surface area contributed by atoms with Gasteiger partial charge in [-0.1, -0.05) is 0 Å². The van der Waals surface area contributed by atoms with Gasteiger partial charge in [-0.15, -0.1) is 0 Å². The van der Waals surface area contributed by atoms with Crippen molar-refractivity contribution in [3.05, 3.63) is 18.7 Å². The second kappa shape index (κ2) is 4.90. The molecule has 1 heterocycles. The zero-order chi connectivity index (χ0) is 8.81. The van der Waals surface area contributed by atoms with E-state index in [1.807, 2.05) is 12.5 Å². The minimum atomic E-state index is 0.419. The van der Waals surface area contributed by atoms with Crippen molar-refractivity contribution < 1.29 is 0 Å². The van der Waals surface area contributed by atoms with Crippen LogP contribution in [0.4, 0.5) is 0 Å². The summed E-state index contributed by atoms with van der Waals surface area (Å²) in [5.41, 5.74) is 11.0. The molecule has 0 aliphatic heterocycles. The van der Waals surface area contributed by atoms with Crippen LogP contribution in [-0.4, -0.2) is 22.6 Å². The molecular formula is C8H16N4. The van der Waals surface area contributed by atoms with Crippen molar-refractivity contribution >= 4 is 0 Å². The number of hydrogen-bond acceptors (Lipinski definition) is 3. The minimum absolute atomic E-state index is 0.419. The molecule has 1 rings (SSSR count). The van der Waals surface area contributed by atoms with Crippen LogP contribution in [0.5, 0.6) is 0 Å². The Balaban J connectivity index is 2.53. The highest BCUT2D eigenvalue weighted by atomic mass is 15.0. The van der Waals surface area contributed by atoms with Crippen LogP contribution in [0.15, 0.2) is 18.7 Å².